The monoisotopic (exact) mass is 302 g/mol. The van der Waals surface area contributed by atoms with Crippen molar-refractivity contribution in [1.29, 1.82) is 0 Å². The van der Waals surface area contributed by atoms with Gasteiger partial charge in [-0.05, 0) is 59.0 Å². The van der Waals surface area contributed by atoms with E-state index in [1.807, 2.05) is 0 Å². The summed E-state index contributed by atoms with van der Waals surface area (Å²) in [6.45, 7) is 0. The van der Waals surface area contributed by atoms with Gasteiger partial charge in [-0.25, -0.2) is 0 Å². The summed E-state index contributed by atoms with van der Waals surface area (Å²) >= 11 is 2.32. The zero-order valence-electron chi connectivity index (χ0n) is 8.04. The van der Waals surface area contributed by atoms with Crippen LogP contribution in [0.2, 0.25) is 0 Å². The quantitative estimate of drug-likeness (QED) is 0.512. The zero-order valence-corrected chi connectivity index (χ0v) is 10.2. The van der Waals surface area contributed by atoms with E-state index in [1.54, 1.807) is 0 Å². The molecule has 76 valence electrons. The lowest BCUT2D eigenvalue weighted by atomic mass is 9.77. The van der Waals surface area contributed by atoms with Gasteiger partial charge in [-0.1, -0.05) is 18.6 Å². The van der Waals surface area contributed by atoms with Gasteiger partial charge in [0, 0.05) is 9.61 Å². The Kier molecular flexibility index (Phi) is 3.41. The van der Waals surface area contributed by atoms with Crippen LogP contribution in [0.3, 0.4) is 0 Å². The molecular formula is C11H15IN2. The first-order valence-electron chi connectivity index (χ1n) is 5.03. The van der Waals surface area contributed by atoms with E-state index in [-0.39, 0.29) is 0 Å². The molecule has 1 atom stereocenters. The Bertz CT molecular complexity index is 293. The number of rotatable bonds is 3. The van der Waals surface area contributed by atoms with E-state index in [1.165, 1.54) is 28.4 Å². The Labute approximate surface area is 98.4 Å². The second kappa shape index (κ2) is 4.59. The number of hydrogen-bond donors (Lipinski definition) is 2. The molecule has 1 aromatic rings. The molecule has 1 aromatic carbocycles. The first-order chi connectivity index (χ1) is 6.81. The molecule has 1 aliphatic carbocycles. The Morgan fingerprint density at radius 2 is 1.93 bits per heavy atom. The molecule has 1 unspecified atom stereocenters. The summed E-state index contributed by atoms with van der Waals surface area (Å²) in [6.07, 6.45) is 3.97. The fourth-order valence-electron chi connectivity index (χ4n) is 1.95. The maximum absolute atomic E-state index is 5.60. The molecule has 3 heteroatoms. The molecule has 0 spiro atoms. The Morgan fingerprint density at radius 1 is 1.29 bits per heavy atom. The fourth-order valence-corrected chi connectivity index (χ4v) is 2.31. The molecule has 0 aromatic heterocycles. The molecule has 2 rings (SSSR count). The average Bonchev–Trinajstić information content (AvgIpc) is 2.13. The number of nitrogens with two attached hydrogens (primary N) is 1. The number of halogens is 1. The highest BCUT2D eigenvalue weighted by atomic mass is 127. The van der Waals surface area contributed by atoms with Gasteiger partial charge in [0.1, 0.15) is 0 Å². The molecule has 2 nitrogen and oxygen atoms in total. The number of hydrogen-bond acceptors (Lipinski definition) is 2. The number of hydrazine groups is 1. The van der Waals surface area contributed by atoms with Gasteiger partial charge < -0.3 is 0 Å². The van der Waals surface area contributed by atoms with Crippen LogP contribution >= 0.6 is 22.6 Å². The molecule has 1 saturated carbocycles. The van der Waals surface area contributed by atoms with Crippen LogP contribution in [0, 0.1) is 9.49 Å². The van der Waals surface area contributed by atoms with Crippen molar-refractivity contribution in [1.82, 2.24) is 5.43 Å². The SMILES string of the molecule is NNC(c1ccc(I)cc1)C1CCC1. The highest BCUT2D eigenvalue weighted by Crippen LogP contribution is 2.37. The molecule has 3 N–H and O–H groups in total. The Balaban J connectivity index is 2.14. The van der Waals surface area contributed by atoms with Gasteiger partial charge in [-0.15, -0.1) is 0 Å². The Morgan fingerprint density at radius 3 is 2.36 bits per heavy atom. The van der Waals surface area contributed by atoms with E-state index in [4.69, 9.17) is 5.84 Å². The van der Waals surface area contributed by atoms with Crippen molar-refractivity contribution in [2.45, 2.75) is 25.3 Å². The van der Waals surface area contributed by atoms with Crippen molar-refractivity contribution in [3.63, 3.8) is 0 Å². The molecule has 0 aliphatic heterocycles. The second-order valence-electron chi connectivity index (χ2n) is 3.89. The van der Waals surface area contributed by atoms with Crippen LogP contribution in [-0.4, -0.2) is 0 Å². The summed E-state index contributed by atoms with van der Waals surface area (Å²) in [5, 5.41) is 0. The summed E-state index contributed by atoms with van der Waals surface area (Å²) in [4.78, 5) is 0. The van der Waals surface area contributed by atoms with Gasteiger partial charge in [0.15, 0.2) is 0 Å². The van der Waals surface area contributed by atoms with Crippen molar-refractivity contribution in [2.75, 3.05) is 0 Å². The van der Waals surface area contributed by atoms with E-state index in [2.05, 4.69) is 52.3 Å². The minimum atomic E-state index is 0.348. The third kappa shape index (κ3) is 2.10. The van der Waals surface area contributed by atoms with E-state index in [0.29, 0.717) is 6.04 Å². The summed E-state index contributed by atoms with van der Waals surface area (Å²) in [5.74, 6) is 6.34. The molecule has 0 saturated heterocycles. The van der Waals surface area contributed by atoms with Gasteiger partial charge in [0.05, 0.1) is 0 Å². The smallest absolute Gasteiger partial charge is 0.0488 e. The van der Waals surface area contributed by atoms with Crippen LogP contribution in [-0.2, 0) is 0 Å². The molecule has 0 radical (unpaired) electrons. The predicted octanol–water partition coefficient (Wildman–Crippen LogP) is 2.60. The largest absolute Gasteiger partial charge is 0.271 e. The topological polar surface area (TPSA) is 38.0 Å². The van der Waals surface area contributed by atoms with Crippen LogP contribution in [0.15, 0.2) is 24.3 Å². The third-order valence-corrected chi connectivity index (χ3v) is 3.75. The zero-order chi connectivity index (χ0) is 9.97. The first kappa shape index (κ1) is 10.4. The van der Waals surface area contributed by atoms with Gasteiger partial charge in [0.2, 0.25) is 0 Å². The van der Waals surface area contributed by atoms with E-state index >= 15 is 0 Å². The van der Waals surface area contributed by atoms with Gasteiger partial charge >= 0.3 is 0 Å². The van der Waals surface area contributed by atoms with Crippen LogP contribution < -0.4 is 11.3 Å². The van der Waals surface area contributed by atoms with E-state index < -0.39 is 0 Å². The highest BCUT2D eigenvalue weighted by Gasteiger charge is 2.27. The third-order valence-electron chi connectivity index (χ3n) is 3.03. The van der Waals surface area contributed by atoms with Crippen LogP contribution in [0.1, 0.15) is 30.9 Å². The average molecular weight is 302 g/mol. The van der Waals surface area contributed by atoms with E-state index in [9.17, 15) is 0 Å². The van der Waals surface area contributed by atoms with Crippen molar-refractivity contribution >= 4 is 22.6 Å². The summed E-state index contributed by atoms with van der Waals surface area (Å²) < 4.78 is 1.27. The molecule has 0 amide bonds. The van der Waals surface area contributed by atoms with Crippen LogP contribution in [0.4, 0.5) is 0 Å². The summed E-state index contributed by atoms with van der Waals surface area (Å²) in [7, 11) is 0. The molecule has 0 heterocycles. The lowest BCUT2D eigenvalue weighted by molar-refractivity contribution is 0.232. The summed E-state index contributed by atoms with van der Waals surface area (Å²) in [6, 6.07) is 8.97. The van der Waals surface area contributed by atoms with Gasteiger partial charge in [0.25, 0.3) is 0 Å². The standard InChI is InChI=1S/C11H15IN2/c12-10-6-4-9(5-7-10)11(14-13)8-2-1-3-8/h4-8,11,14H,1-3,13H2. The normalized spacial score (nSPS) is 19.0. The minimum absolute atomic E-state index is 0.348. The predicted molar refractivity (Wildman–Crippen MR) is 66.6 cm³/mol. The summed E-state index contributed by atoms with van der Waals surface area (Å²) in [5.41, 5.74) is 4.25. The molecule has 1 fully saturated rings. The second-order valence-corrected chi connectivity index (χ2v) is 5.13. The molecular weight excluding hydrogens is 287 g/mol. The maximum atomic E-state index is 5.60. The number of nitrogens with one attached hydrogen (secondary N) is 1. The lowest BCUT2D eigenvalue weighted by Crippen LogP contribution is -2.36. The minimum Gasteiger partial charge on any atom is -0.271 e. The van der Waals surface area contributed by atoms with Crippen molar-refractivity contribution < 1.29 is 0 Å². The number of benzene rings is 1. The molecule has 0 bridgehead atoms. The van der Waals surface area contributed by atoms with Gasteiger partial charge in [-0.2, -0.15) is 0 Å². The molecule has 14 heavy (non-hydrogen) atoms. The Hall–Kier alpha value is -0.130. The van der Waals surface area contributed by atoms with Crippen LogP contribution in [0.5, 0.6) is 0 Å². The van der Waals surface area contributed by atoms with Gasteiger partial charge in [-0.3, -0.25) is 11.3 Å². The first-order valence-corrected chi connectivity index (χ1v) is 6.10. The van der Waals surface area contributed by atoms with Crippen molar-refractivity contribution in [3.8, 4) is 0 Å². The molecule has 1 aliphatic rings. The maximum Gasteiger partial charge on any atom is 0.0488 e. The van der Waals surface area contributed by atoms with Crippen molar-refractivity contribution in [3.05, 3.63) is 33.4 Å². The van der Waals surface area contributed by atoms with E-state index in [0.717, 1.165) is 5.92 Å². The van der Waals surface area contributed by atoms with Crippen molar-refractivity contribution in [2.24, 2.45) is 11.8 Å². The highest BCUT2D eigenvalue weighted by molar-refractivity contribution is 14.1. The lowest BCUT2D eigenvalue weighted by Gasteiger charge is -2.33. The fraction of sp³-hybridized carbons (Fsp3) is 0.455. The van der Waals surface area contributed by atoms with Crippen LogP contribution in [0.25, 0.3) is 0 Å².